The van der Waals surface area contributed by atoms with Gasteiger partial charge in [-0.05, 0) is 32.0 Å². The molecule has 1 N–H and O–H groups in total. The molecule has 2 aromatic carbocycles. The smallest absolute Gasteiger partial charge is 0.231 e. The van der Waals surface area contributed by atoms with Crippen molar-refractivity contribution in [2.24, 2.45) is 0 Å². The monoisotopic (exact) mass is 341 g/mol. The lowest BCUT2D eigenvalue weighted by molar-refractivity contribution is 0.173. The molecule has 2 aliphatic rings. The van der Waals surface area contributed by atoms with Gasteiger partial charge in [0.05, 0.1) is 6.61 Å². The normalized spacial score (nSPS) is 17.3. The van der Waals surface area contributed by atoms with Crippen LogP contribution in [-0.4, -0.2) is 19.5 Å². The van der Waals surface area contributed by atoms with Crippen molar-refractivity contribution in [3.63, 3.8) is 0 Å². The maximum atomic E-state index is 6.01. The summed E-state index contributed by atoms with van der Waals surface area (Å²) in [5.41, 5.74) is 3.46. The van der Waals surface area contributed by atoms with Gasteiger partial charge in [-0.15, -0.1) is 0 Å². The third-order valence-corrected chi connectivity index (χ3v) is 4.46. The topological polar surface area (TPSA) is 49.0 Å². The Bertz CT molecular complexity index is 775. The number of hydrogen-bond donors (Lipinski definition) is 1. The molecule has 5 heteroatoms. The van der Waals surface area contributed by atoms with Crippen LogP contribution >= 0.6 is 0 Å². The second-order valence-electron chi connectivity index (χ2n) is 6.39. The molecule has 2 aliphatic heterocycles. The van der Waals surface area contributed by atoms with E-state index in [1.54, 1.807) is 0 Å². The summed E-state index contributed by atoms with van der Waals surface area (Å²) in [7, 11) is 0. The van der Waals surface area contributed by atoms with E-state index in [9.17, 15) is 0 Å². The Kier molecular flexibility index (Phi) is 4.40. The van der Waals surface area contributed by atoms with Gasteiger partial charge >= 0.3 is 0 Å². The number of fused-ring (bicyclic) bond motifs is 2. The number of rotatable bonds is 6. The van der Waals surface area contributed by atoms with Crippen LogP contribution in [0.1, 0.15) is 30.5 Å². The molecule has 0 aliphatic carbocycles. The minimum atomic E-state index is 0.216. The zero-order chi connectivity index (χ0) is 17.2. The van der Waals surface area contributed by atoms with Crippen molar-refractivity contribution in [3.8, 4) is 23.0 Å². The second kappa shape index (κ2) is 6.84. The fraction of sp³-hybridized carbons (Fsp3) is 0.400. The summed E-state index contributed by atoms with van der Waals surface area (Å²) >= 11 is 0. The van der Waals surface area contributed by atoms with Gasteiger partial charge in [0, 0.05) is 36.2 Å². The molecule has 2 aromatic rings. The molecular weight excluding hydrogens is 318 g/mol. The first kappa shape index (κ1) is 16.1. The molecule has 4 rings (SSSR count). The van der Waals surface area contributed by atoms with E-state index in [0.717, 1.165) is 40.5 Å². The molecule has 0 bridgehead atoms. The summed E-state index contributed by atoms with van der Waals surface area (Å²) in [5.74, 6) is 3.57. The minimum absolute atomic E-state index is 0.216. The second-order valence-corrected chi connectivity index (χ2v) is 6.39. The van der Waals surface area contributed by atoms with Crippen LogP contribution in [-0.2, 0) is 19.5 Å². The molecule has 0 radical (unpaired) electrons. The van der Waals surface area contributed by atoms with Gasteiger partial charge < -0.3 is 24.3 Å². The SMILES string of the molecule is CCOc1cc(CNCc2cccc3c2OCO3)c2c(c1)C[C@@H](C)O2. The Labute approximate surface area is 147 Å². The summed E-state index contributed by atoms with van der Waals surface area (Å²) < 4.78 is 22.7. The van der Waals surface area contributed by atoms with E-state index >= 15 is 0 Å². The van der Waals surface area contributed by atoms with Crippen LogP contribution in [0.25, 0.3) is 0 Å². The molecule has 1 atom stereocenters. The summed E-state index contributed by atoms with van der Waals surface area (Å²) in [5, 5.41) is 3.49. The molecule has 0 amide bonds. The van der Waals surface area contributed by atoms with Crippen LogP contribution in [0.15, 0.2) is 30.3 Å². The molecule has 0 fully saturated rings. The van der Waals surface area contributed by atoms with Crippen LogP contribution < -0.4 is 24.3 Å². The van der Waals surface area contributed by atoms with E-state index in [2.05, 4.69) is 30.4 Å². The van der Waals surface area contributed by atoms with Crippen LogP contribution in [0.3, 0.4) is 0 Å². The Hall–Kier alpha value is -2.40. The Morgan fingerprint density at radius 3 is 2.88 bits per heavy atom. The molecule has 25 heavy (non-hydrogen) atoms. The molecule has 0 saturated carbocycles. The van der Waals surface area contributed by atoms with E-state index in [4.69, 9.17) is 18.9 Å². The molecule has 0 unspecified atom stereocenters. The first-order valence-electron chi connectivity index (χ1n) is 8.78. The van der Waals surface area contributed by atoms with Gasteiger partial charge in [-0.3, -0.25) is 0 Å². The third kappa shape index (κ3) is 3.24. The van der Waals surface area contributed by atoms with Crippen molar-refractivity contribution in [3.05, 3.63) is 47.0 Å². The van der Waals surface area contributed by atoms with E-state index < -0.39 is 0 Å². The molecule has 0 saturated heterocycles. The molecule has 0 spiro atoms. The number of nitrogens with one attached hydrogen (secondary N) is 1. The lowest BCUT2D eigenvalue weighted by Crippen LogP contribution is -2.14. The molecule has 5 nitrogen and oxygen atoms in total. The van der Waals surface area contributed by atoms with Crippen LogP contribution in [0.5, 0.6) is 23.0 Å². The van der Waals surface area contributed by atoms with Crippen LogP contribution in [0.4, 0.5) is 0 Å². The summed E-state index contributed by atoms with van der Waals surface area (Å²) in [6, 6.07) is 10.1. The number of ether oxygens (including phenoxy) is 4. The quantitative estimate of drug-likeness (QED) is 0.872. The molecular formula is C20H23NO4. The number of benzene rings is 2. The average molecular weight is 341 g/mol. The predicted molar refractivity (Wildman–Crippen MR) is 94.5 cm³/mol. The van der Waals surface area contributed by atoms with Crippen LogP contribution in [0.2, 0.25) is 0 Å². The highest BCUT2D eigenvalue weighted by Gasteiger charge is 2.23. The lowest BCUT2D eigenvalue weighted by atomic mass is 10.1. The fourth-order valence-corrected chi connectivity index (χ4v) is 3.42. The Morgan fingerprint density at radius 1 is 1.12 bits per heavy atom. The Balaban J connectivity index is 1.49. The molecule has 2 heterocycles. The van der Waals surface area contributed by atoms with E-state index in [-0.39, 0.29) is 6.10 Å². The summed E-state index contributed by atoms with van der Waals surface area (Å²) in [4.78, 5) is 0. The highest BCUT2D eigenvalue weighted by Crippen LogP contribution is 2.37. The number of para-hydroxylation sites is 1. The predicted octanol–water partition coefficient (Wildman–Crippen LogP) is 3.43. The van der Waals surface area contributed by atoms with Crippen LogP contribution in [0, 0.1) is 0 Å². The van der Waals surface area contributed by atoms with Gasteiger partial charge in [0.1, 0.15) is 17.6 Å². The summed E-state index contributed by atoms with van der Waals surface area (Å²) in [6.07, 6.45) is 1.15. The third-order valence-electron chi connectivity index (χ3n) is 4.46. The largest absolute Gasteiger partial charge is 0.494 e. The molecule has 132 valence electrons. The van der Waals surface area contributed by atoms with Crippen molar-refractivity contribution in [1.29, 1.82) is 0 Å². The maximum absolute atomic E-state index is 6.01. The lowest BCUT2D eigenvalue weighted by Gasteiger charge is -2.13. The van der Waals surface area contributed by atoms with Crippen molar-refractivity contribution < 1.29 is 18.9 Å². The van der Waals surface area contributed by atoms with Gasteiger partial charge in [0.15, 0.2) is 11.5 Å². The maximum Gasteiger partial charge on any atom is 0.231 e. The zero-order valence-corrected chi connectivity index (χ0v) is 14.6. The average Bonchev–Trinajstić information content (AvgIpc) is 3.21. The van der Waals surface area contributed by atoms with Crippen molar-refractivity contribution in [2.75, 3.05) is 13.4 Å². The highest BCUT2D eigenvalue weighted by molar-refractivity contribution is 5.50. The van der Waals surface area contributed by atoms with Crippen molar-refractivity contribution in [2.45, 2.75) is 39.5 Å². The van der Waals surface area contributed by atoms with Gasteiger partial charge in [-0.1, -0.05) is 12.1 Å². The standard InChI is InChI=1S/C20H23NO4/c1-3-22-17-8-15-7-13(2)25-19(15)16(9-17)11-21-10-14-5-4-6-18-20(14)24-12-23-18/h4-6,8-9,13,21H,3,7,10-12H2,1-2H3/t13-/m1/s1. The molecule has 0 aromatic heterocycles. The summed E-state index contributed by atoms with van der Waals surface area (Å²) in [6.45, 7) is 6.47. The van der Waals surface area contributed by atoms with Crippen molar-refractivity contribution in [1.82, 2.24) is 5.32 Å². The Morgan fingerprint density at radius 2 is 2.00 bits per heavy atom. The first-order chi connectivity index (χ1) is 12.2. The van der Waals surface area contributed by atoms with Gasteiger partial charge in [0.25, 0.3) is 0 Å². The van der Waals surface area contributed by atoms with E-state index in [1.165, 1.54) is 5.56 Å². The first-order valence-corrected chi connectivity index (χ1v) is 8.78. The zero-order valence-electron chi connectivity index (χ0n) is 14.6. The van der Waals surface area contributed by atoms with Gasteiger partial charge in [-0.25, -0.2) is 0 Å². The van der Waals surface area contributed by atoms with Gasteiger partial charge in [0.2, 0.25) is 6.79 Å². The van der Waals surface area contributed by atoms with E-state index in [1.807, 2.05) is 19.1 Å². The van der Waals surface area contributed by atoms with Crippen molar-refractivity contribution >= 4 is 0 Å². The van der Waals surface area contributed by atoms with E-state index in [0.29, 0.717) is 26.5 Å². The highest BCUT2D eigenvalue weighted by atomic mass is 16.7. The number of hydrogen-bond acceptors (Lipinski definition) is 5. The fourth-order valence-electron chi connectivity index (χ4n) is 3.42. The van der Waals surface area contributed by atoms with Gasteiger partial charge in [-0.2, -0.15) is 0 Å². The minimum Gasteiger partial charge on any atom is -0.494 e.